The normalized spacial score (nSPS) is 15.3. The van der Waals surface area contributed by atoms with Gasteiger partial charge in [0.1, 0.15) is 6.09 Å². The van der Waals surface area contributed by atoms with Crippen LogP contribution in [0.25, 0.3) is 0 Å². The molecule has 38 heavy (non-hydrogen) atoms. The minimum absolute atomic E-state index is 0.0414. The topological polar surface area (TPSA) is 125 Å². The second kappa shape index (κ2) is 13.7. The van der Waals surface area contributed by atoms with Crippen LogP contribution < -0.4 is 15.7 Å². The number of amides is 2. The van der Waals surface area contributed by atoms with Crippen LogP contribution in [-0.4, -0.2) is 70.0 Å². The van der Waals surface area contributed by atoms with Crippen LogP contribution in [0.1, 0.15) is 52.7 Å². The van der Waals surface area contributed by atoms with Crippen molar-refractivity contribution in [3.05, 3.63) is 71.8 Å². The maximum Gasteiger partial charge on any atom is 0.225 e. The Morgan fingerprint density at radius 3 is 1.74 bits per heavy atom. The van der Waals surface area contributed by atoms with Gasteiger partial charge >= 0.3 is 0 Å². The number of hydrogen-bond acceptors (Lipinski definition) is 6. The standard InChI is InChI=1S/C30H45N3O5/c1-29(2,3)27(36)32-23(17-21-13-9-7-10-14-21)25(34)19-31-20-26(35)24(18-22-15-11-8-12-16-22)33(28(37)38)30(4,5)6/h7-16,23-26,31,34-35H,17-20H2,1-6H3,(H,32,36)(H,37,38)/p-1/t23-,24-,25+,26+/m0/s1. The van der Waals surface area contributed by atoms with Gasteiger partial charge in [0, 0.05) is 24.0 Å². The highest BCUT2D eigenvalue weighted by atomic mass is 16.4. The summed E-state index contributed by atoms with van der Waals surface area (Å²) in [5.41, 5.74) is 0.449. The highest BCUT2D eigenvalue weighted by molar-refractivity contribution is 5.81. The van der Waals surface area contributed by atoms with Crippen molar-refractivity contribution in [2.75, 3.05) is 13.1 Å². The molecular weight excluding hydrogens is 482 g/mol. The Kier molecular flexibility index (Phi) is 11.3. The van der Waals surface area contributed by atoms with Gasteiger partial charge in [0.05, 0.1) is 24.3 Å². The van der Waals surface area contributed by atoms with Gasteiger partial charge in [-0.2, -0.15) is 0 Å². The number of aliphatic hydroxyl groups is 2. The summed E-state index contributed by atoms with van der Waals surface area (Å²) in [6, 6.07) is 17.7. The van der Waals surface area contributed by atoms with Gasteiger partial charge in [-0.25, -0.2) is 0 Å². The summed E-state index contributed by atoms with van der Waals surface area (Å²) in [5, 5.41) is 40.3. The molecule has 4 atom stereocenters. The minimum Gasteiger partial charge on any atom is -0.530 e. The van der Waals surface area contributed by atoms with E-state index >= 15 is 0 Å². The van der Waals surface area contributed by atoms with E-state index in [-0.39, 0.29) is 19.0 Å². The molecule has 4 N–H and O–H groups in total. The second-order valence-electron chi connectivity index (χ2n) is 11.9. The van der Waals surface area contributed by atoms with E-state index in [4.69, 9.17) is 0 Å². The van der Waals surface area contributed by atoms with Crippen molar-refractivity contribution in [3.8, 4) is 0 Å². The SMILES string of the molecule is CC(C)(C)C(=O)N[C@@H](Cc1ccccc1)[C@H](O)CNC[C@@H](O)[C@H](Cc1ccccc1)N(C(=O)[O-])C(C)(C)C. The van der Waals surface area contributed by atoms with E-state index in [0.717, 1.165) is 11.1 Å². The molecule has 0 aliphatic rings. The summed E-state index contributed by atoms with van der Waals surface area (Å²) in [6.45, 7) is 10.9. The molecule has 2 amide bonds. The number of rotatable bonds is 12. The van der Waals surface area contributed by atoms with Crippen LogP contribution in [-0.2, 0) is 17.6 Å². The molecule has 2 rings (SSSR count). The molecule has 0 bridgehead atoms. The number of carbonyl (C=O) groups excluding carboxylic acids is 2. The van der Waals surface area contributed by atoms with Crippen molar-refractivity contribution >= 4 is 12.0 Å². The monoisotopic (exact) mass is 526 g/mol. The third-order valence-electron chi connectivity index (χ3n) is 6.45. The van der Waals surface area contributed by atoms with E-state index in [0.29, 0.717) is 12.8 Å². The van der Waals surface area contributed by atoms with Crippen LogP contribution in [0.4, 0.5) is 4.79 Å². The van der Waals surface area contributed by atoms with Gasteiger partial charge in [-0.15, -0.1) is 0 Å². The number of benzene rings is 2. The second-order valence-corrected chi connectivity index (χ2v) is 11.9. The first-order valence-electron chi connectivity index (χ1n) is 13.2. The molecule has 0 radical (unpaired) electrons. The van der Waals surface area contributed by atoms with E-state index in [1.165, 1.54) is 4.90 Å². The van der Waals surface area contributed by atoms with E-state index in [2.05, 4.69) is 10.6 Å². The molecule has 210 valence electrons. The molecule has 0 aromatic heterocycles. The first-order valence-corrected chi connectivity index (χ1v) is 13.2. The fraction of sp³-hybridized carbons (Fsp3) is 0.533. The van der Waals surface area contributed by atoms with Gasteiger partial charge in [-0.3, -0.25) is 4.79 Å². The van der Waals surface area contributed by atoms with Crippen LogP contribution >= 0.6 is 0 Å². The van der Waals surface area contributed by atoms with Crippen LogP contribution in [0.3, 0.4) is 0 Å². The van der Waals surface area contributed by atoms with Crippen molar-refractivity contribution in [1.29, 1.82) is 0 Å². The Balaban J connectivity index is 2.13. The Hall–Kier alpha value is -2.94. The Labute approximate surface area is 227 Å². The molecule has 8 heteroatoms. The van der Waals surface area contributed by atoms with Crippen molar-refractivity contribution in [3.63, 3.8) is 0 Å². The Morgan fingerprint density at radius 2 is 1.29 bits per heavy atom. The first kappa shape index (κ1) is 31.3. The maximum absolute atomic E-state index is 12.7. The van der Waals surface area contributed by atoms with Crippen LogP contribution in [0, 0.1) is 5.41 Å². The molecule has 0 heterocycles. The summed E-state index contributed by atoms with van der Waals surface area (Å²) in [4.78, 5) is 26.0. The quantitative estimate of drug-likeness (QED) is 0.336. The van der Waals surface area contributed by atoms with E-state index in [9.17, 15) is 24.9 Å². The lowest BCUT2D eigenvalue weighted by Gasteiger charge is -2.45. The van der Waals surface area contributed by atoms with Gasteiger partial charge in [0.15, 0.2) is 0 Å². The van der Waals surface area contributed by atoms with Crippen molar-refractivity contribution < 1.29 is 24.9 Å². The van der Waals surface area contributed by atoms with E-state index in [1.807, 2.05) is 81.4 Å². The predicted molar refractivity (Wildman–Crippen MR) is 147 cm³/mol. The number of carbonyl (C=O) groups is 2. The smallest absolute Gasteiger partial charge is 0.225 e. The number of aliphatic hydroxyl groups excluding tert-OH is 2. The molecule has 0 spiro atoms. The summed E-state index contributed by atoms with van der Waals surface area (Å²) >= 11 is 0. The highest BCUT2D eigenvalue weighted by Gasteiger charge is 2.34. The molecule has 0 saturated carbocycles. The van der Waals surface area contributed by atoms with Crippen molar-refractivity contribution in [2.45, 2.75) is 84.2 Å². The lowest BCUT2D eigenvalue weighted by Crippen LogP contribution is -2.62. The van der Waals surface area contributed by atoms with Gasteiger partial charge in [0.25, 0.3) is 0 Å². The van der Waals surface area contributed by atoms with Gasteiger partial charge < -0.3 is 35.6 Å². The van der Waals surface area contributed by atoms with E-state index in [1.54, 1.807) is 20.8 Å². The fourth-order valence-corrected chi connectivity index (χ4v) is 4.36. The molecule has 0 fully saturated rings. The lowest BCUT2D eigenvalue weighted by atomic mass is 9.93. The van der Waals surface area contributed by atoms with Gasteiger partial charge in [0.2, 0.25) is 5.91 Å². The lowest BCUT2D eigenvalue weighted by molar-refractivity contribution is -0.275. The number of nitrogens with zero attached hydrogens (tertiary/aromatic N) is 1. The Morgan fingerprint density at radius 1 is 0.816 bits per heavy atom. The molecule has 0 aliphatic carbocycles. The summed E-state index contributed by atoms with van der Waals surface area (Å²) in [5.74, 6) is -0.171. The molecule has 8 nitrogen and oxygen atoms in total. The zero-order valence-electron chi connectivity index (χ0n) is 23.5. The molecule has 2 aromatic rings. The zero-order chi connectivity index (χ0) is 28.5. The third kappa shape index (κ3) is 9.74. The highest BCUT2D eigenvalue weighted by Crippen LogP contribution is 2.22. The van der Waals surface area contributed by atoms with Crippen LogP contribution in [0.5, 0.6) is 0 Å². The third-order valence-corrected chi connectivity index (χ3v) is 6.45. The van der Waals surface area contributed by atoms with Gasteiger partial charge in [-0.05, 0) is 44.7 Å². The maximum atomic E-state index is 12.7. The summed E-state index contributed by atoms with van der Waals surface area (Å²) in [7, 11) is 0. The zero-order valence-corrected chi connectivity index (χ0v) is 23.5. The van der Waals surface area contributed by atoms with Gasteiger partial charge in [-0.1, -0.05) is 81.4 Å². The van der Waals surface area contributed by atoms with Crippen LogP contribution in [0.2, 0.25) is 0 Å². The average molecular weight is 527 g/mol. The number of hydrogen-bond donors (Lipinski definition) is 4. The fourth-order valence-electron chi connectivity index (χ4n) is 4.36. The van der Waals surface area contributed by atoms with Crippen LogP contribution in [0.15, 0.2) is 60.7 Å². The first-order chi connectivity index (χ1) is 17.7. The minimum atomic E-state index is -1.36. The largest absolute Gasteiger partial charge is 0.530 e. The Bertz CT molecular complexity index is 1000. The molecule has 0 unspecified atom stereocenters. The predicted octanol–water partition coefficient (Wildman–Crippen LogP) is 2.13. The average Bonchev–Trinajstić information content (AvgIpc) is 2.82. The van der Waals surface area contributed by atoms with Crippen molar-refractivity contribution in [2.24, 2.45) is 5.41 Å². The molecule has 2 aromatic carbocycles. The van der Waals surface area contributed by atoms with Crippen molar-refractivity contribution in [1.82, 2.24) is 15.5 Å². The summed E-state index contributed by atoms with van der Waals surface area (Å²) in [6.07, 6.45) is -2.63. The molecule has 0 saturated heterocycles. The van der Waals surface area contributed by atoms with E-state index < -0.39 is 41.3 Å². The number of nitrogens with one attached hydrogen (secondary N) is 2. The number of carboxylic acid groups (broad SMARTS) is 1. The summed E-state index contributed by atoms with van der Waals surface area (Å²) < 4.78 is 0. The molecule has 0 aliphatic heterocycles. The molecular formula is C30H44N3O5-.